The average Bonchev–Trinajstić information content (AvgIpc) is 2.93. The molecule has 2 aliphatic rings. The van der Waals surface area contributed by atoms with E-state index in [4.69, 9.17) is 20.6 Å². The summed E-state index contributed by atoms with van der Waals surface area (Å²) in [5, 5.41) is 0. The number of ether oxygens (including phenoxy) is 3. The zero-order valence-corrected chi connectivity index (χ0v) is 18.0. The summed E-state index contributed by atoms with van der Waals surface area (Å²) < 4.78 is 16.8. The summed E-state index contributed by atoms with van der Waals surface area (Å²) in [6.45, 7) is 12.7. The highest BCUT2D eigenvalue weighted by Crippen LogP contribution is 2.44. The van der Waals surface area contributed by atoms with Crippen LogP contribution in [0.4, 0.5) is 0 Å². The largest absolute Gasteiger partial charge is 0.457 e. The number of terminal acetylenes is 1. The van der Waals surface area contributed by atoms with Crippen molar-refractivity contribution in [2.45, 2.75) is 91.5 Å². The molecule has 0 spiro atoms. The third kappa shape index (κ3) is 3.64. The number of hydrogen-bond acceptors (Lipinski definition) is 6. The van der Waals surface area contributed by atoms with E-state index < -0.39 is 34.7 Å². The number of carbonyl (C=O) groups is 3. The van der Waals surface area contributed by atoms with Crippen molar-refractivity contribution in [2.75, 3.05) is 0 Å². The van der Waals surface area contributed by atoms with Gasteiger partial charge in [-0.1, -0.05) is 33.6 Å². The molecule has 0 radical (unpaired) electrons. The lowest BCUT2D eigenvalue weighted by molar-refractivity contribution is -0.202. The zero-order valence-electron chi connectivity index (χ0n) is 18.0. The second-order valence-corrected chi connectivity index (χ2v) is 9.67. The minimum absolute atomic E-state index is 0.187. The molecule has 1 aliphatic heterocycles. The maximum Gasteiger partial charge on any atom is 0.351 e. The van der Waals surface area contributed by atoms with Crippen LogP contribution in [0.15, 0.2) is 0 Å². The molecule has 0 amide bonds. The fraction of sp³-hybridized carbons (Fsp3) is 0.773. The quantitative estimate of drug-likeness (QED) is 0.405. The van der Waals surface area contributed by atoms with Crippen molar-refractivity contribution in [2.24, 2.45) is 16.7 Å². The monoisotopic (exact) mass is 392 g/mol. The smallest absolute Gasteiger partial charge is 0.351 e. The second-order valence-electron chi connectivity index (χ2n) is 9.67. The molecule has 0 aromatic rings. The lowest BCUT2D eigenvalue weighted by Gasteiger charge is -2.41. The molecule has 0 aromatic carbocycles. The van der Waals surface area contributed by atoms with Crippen LogP contribution in [0.3, 0.4) is 0 Å². The predicted molar refractivity (Wildman–Crippen MR) is 103 cm³/mol. The van der Waals surface area contributed by atoms with Crippen molar-refractivity contribution in [1.29, 1.82) is 0 Å². The van der Waals surface area contributed by atoms with E-state index in [1.54, 1.807) is 20.8 Å². The zero-order chi connectivity index (χ0) is 21.5. The molecule has 6 nitrogen and oxygen atoms in total. The molecule has 0 N–H and O–H groups in total. The summed E-state index contributed by atoms with van der Waals surface area (Å²) in [5.41, 5.74) is -3.98. The van der Waals surface area contributed by atoms with Gasteiger partial charge in [-0.2, -0.15) is 0 Å². The second kappa shape index (κ2) is 7.09. The Kier molecular flexibility index (Phi) is 5.64. The average molecular weight is 392 g/mol. The summed E-state index contributed by atoms with van der Waals surface area (Å²) in [5.74, 6) is 0.861. The van der Waals surface area contributed by atoms with Crippen molar-refractivity contribution in [3.63, 3.8) is 0 Å². The van der Waals surface area contributed by atoms with Gasteiger partial charge in [-0.15, -0.1) is 6.42 Å². The molecule has 3 unspecified atom stereocenters. The third-order valence-corrected chi connectivity index (χ3v) is 6.80. The van der Waals surface area contributed by atoms with Gasteiger partial charge in [-0.25, -0.2) is 4.79 Å². The van der Waals surface area contributed by atoms with Crippen LogP contribution in [0.2, 0.25) is 0 Å². The Morgan fingerprint density at radius 3 is 2.32 bits per heavy atom. The first-order chi connectivity index (χ1) is 12.7. The number of esters is 3. The summed E-state index contributed by atoms with van der Waals surface area (Å²) >= 11 is 0. The lowest BCUT2D eigenvalue weighted by Crippen LogP contribution is -2.53. The highest BCUT2D eigenvalue weighted by Gasteiger charge is 2.56. The molecule has 2 fully saturated rings. The minimum atomic E-state index is -1.48. The molecule has 0 aromatic heterocycles. The van der Waals surface area contributed by atoms with Crippen molar-refractivity contribution >= 4 is 17.9 Å². The molecule has 2 bridgehead atoms. The first-order valence-corrected chi connectivity index (χ1v) is 9.87. The number of hydrogen-bond donors (Lipinski definition) is 0. The van der Waals surface area contributed by atoms with E-state index in [9.17, 15) is 14.4 Å². The Balaban J connectivity index is 2.21. The summed E-state index contributed by atoms with van der Waals surface area (Å²) in [4.78, 5) is 37.8. The van der Waals surface area contributed by atoms with Crippen LogP contribution in [0.1, 0.15) is 74.1 Å². The van der Waals surface area contributed by atoms with Gasteiger partial charge < -0.3 is 14.2 Å². The molecule has 1 saturated heterocycles. The van der Waals surface area contributed by atoms with Crippen LogP contribution in [-0.4, -0.2) is 35.2 Å². The van der Waals surface area contributed by atoms with Crippen molar-refractivity contribution in [3.05, 3.63) is 0 Å². The van der Waals surface area contributed by atoms with Gasteiger partial charge in [0.25, 0.3) is 0 Å². The van der Waals surface area contributed by atoms with Gasteiger partial charge in [0.15, 0.2) is 6.10 Å². The Morgan fingerprint density at radius 1 is 1.21 bits per heavy atom. The number of carbonyl (C=O) groups excluding carboxylic acids is 3. The molecule has 2 rings (SSSR count). The summed E-state index contributed by atoms with van der Waals surface area (Å²) in [6, 6.07) is 0. The van der Waals surface area contributed by atoms with Crippen LogP contribution in [0.5, 0.6) is 0 Å². The van der Waals surface area contributed by atoms with Crippen molar-refractivity contribution < 1.29 is 28.6 Å². The van der Waals surface area contributed by atoms with Gasteiger partial charge >= 0.3 is 17.9 Å². The number of fused-ring (bicyclic) bond motifs is 2. The minimum Gasteiger partial charge on any atom is -0.457 e. The highest BCUT2D eigenvalue weighted by molar-refractivity contribution is 5.86. The van der Waals surface area contributed by atoms with E-state index in [0.29, 0.717) is 19.3 Å². The molecule has 1 aliphatic carbocycles. The Hall–Kier alpha value is -2.03. The van der Waals surface area contributed by atoms with E-state index in [1.807, 2.05) is 20.8 Å². The standard InChI is InChI=1S/C22H32O6/c1-9-21(8,27-17(24)20(6,7)19(3,4)5)18(25)28-22(10-2)12-11-14-13-15(22)26-16(14)23/h2,14-15H,9,11-13H2,1,3-8H3/t14-,15?,21?,22?/m0/s1. The lowest BCUT2D eigenvalue weighted by atomic mass is 9.69. The maximum absolute atomic E-state index is 13.1. The van der Waals surface area contributed by atoms with E-state index >= 15 is 0 Å². The van der Waals surface area contributed by atoms with E-state index in [1.165, 1.54) is 6.92 Å². The fourth-order valence-corrected chi connectivity index (χ4v) is 3.19. The van der Waals surface area contributed by atoms with E-state index in [-0.39, 0.29) is 23.7 Å². The molecule has 28 heavy (non-hydrogen) atoms. The Morgan fingerprint density at radius 2 is 1.82 bits per heavy atom. The molecular formula is C22H32O6. The SMILES string of the molecule is C#CC1(OC(=O)C(C)(CC)OC(=O)C(C)(C)C(C)(C)C)CC[C@H]2CC1OC2=O. The van der Waals surface area contributed by atoms with Crippen molar-refractivity contribution in [1.82, 2.24) is 0 Å². The van der Waals surface area contributed by atoms with Gasteiger partial charge in [0.2, 0.25) is 11.2 Å². The van der Waals surface area contributed by atoms with E-state index in [0.717, 1.165) is 0 Å². The van der Waals surface area contributed by atoms with Gasteiger partial charge in [0.05, 0.1) is 11.3 Å². The molecule has 1 saturated carbocycles. The van der Waals surface area contributed by atoms with Crippen LogP contribution in [0.25, 0.3) is 0 Å². The van der Waals surface area contributed by atoms with Crippen LogP contribution >= 0.6 is 0 Å². The normalized spacial score (nSPS) is 29.3. The Labute approximate surface area is 167 Å². The van der Waals surface area contributed by atoms with Gasteiger partial charge in [-0.3, -0.25) is 9.59 Å². The first kappa shape index (κ1) is 22.3. The maximum atomic E-state index is 13.1. The molecule has 156 valence electrons. The molecule has 4 atom stereocenters. The van der Waals surface area contributed by atoms with Gasteiger partial charge in [0.1, 0.15) is 0 Å². The molecular weight excluding hydrogens is 360 g/mol. The highest BCUT2D eigenvalue weighted by atomic mass is 16.6. The fourth-order valence-electron chi connectivity index (χ4n) is 3.19. The first-order valence-electron chi connectivity index (χ1n) is 9.87. The number of rotatable bonds is 5. The summed E-state index contributed by atoms with van der Waals surface area (Å²) in [7, 11) is 0. The summed E-state index contributed by atoms with van der Waals surface area (Å²) in [6.07, 6.45) is 6.57. The molecule has 6 heteroatoms. The predicted octanol–water partition coefficient (Wildman–Crippen LogP) is 3.41. The van der Waals surface area contributed by atoms with Crippen LogP contribution in [0, 0.1) is 29.1 Å². The van der Waals surface area contributed by atoms with Gasteiger partial charge in [-0.05, 0) is 39.0 Å². The van der Waals surface area contributed by atoms with Gasteiger partial charge in [0, 0.05) is 12.8 Å². The van der Waals surface area contributed by atoms with Crippen molar-refractivity contribution in [3.8, 4) is 12.3 Å². The third-order valence-electron chi connectivity index (χ3n) is 6.80. The topological polar surface area (TPSA) is 78.9 Å². The molecule has 1 heterocycles. The van der Waals surface area contributed by atoms with Crippen LogP contribution < -0.4 is 0 Å². The van der Waals surface area contributed by atoms with E-state index in [2.05, 4.69) is 5.92 Å². The van der Waals surface area contributed by atoms with Crippen LogP contribution in [-0.2, 0) is 28.6 Å². The Bertz CT molecular complexity index is 710.